The van der Waals surface area contributed by atoms with Gasteiger partial charge in [-0.1, -0.05) is 50.5 Å². The van der Waals surface area contributed by atoms with Crippen LogP contribution in [0.4, 0.5) is 0 Å². The van der Waals surface area contributed by atoms with Gasteiger partial charge in [-0.25, -0.2) is 0 Å². The third kappa shape index (κ3) is 3.82. The van der Waals surface area contributed by atoms with Gasteiger partial charge in [-0.2, -0.15) is 0 Å². The molecule has 106 valence electrons. The minimum absolute atomic E-state index is 0.599. The molecule has 2 unspecified atom stereocenters. The van der Waals surface area contributed by atoms with Gasteiger partial charge in [-0.05, 0) is 56.2 Å². The fourth-order valence-electron chi connectivity index (χ4n) is 3.49. The summed E-state index contributed by atoms with van der Waals surface area (Å²) in [7, 11) is 0. The van der Waals surface area contributed by atoms with Crippen molar-refractivity contribution in [2.45, 2.75) is 65.3 Å². The normalized spacial score (nSPS) is 23.8. The van der Waals surface area contributed by atoms with Crippen LogP contribution in [0, 0.1) is 19.8 Å². The van der Waals surface area contributed by atoms with Crippen LogP contribution in [0.2, 0.25) is 0 Å². The standard InChI is InChI=1S/C18H29N/c1-13(2)19-12-16-7-5-6-8-18(16)17-10-9-14(3)11-15(17)4/h9-11,13,16,18-19H,5-8,12H2,1-4H3. The Balaban J connectivity index is 2.14. The largest absolute Gasteiger partial charge is 0.314 e. The zero-order valence-corrected chi connectivity index (χ0v) is 13.0. The summed E-state index contributed by atoms with van der Waals surface area (Å²) in [6, 6.07) is 7.60. The van der Waals surface area contributed by atoms with Crippen molar-refractivity contribution in [1.82, 2.24) is 5.32 Å². The number of aryl methyl sites for hydroxylation is 2. The van der Waals surface area contributed by atoms with Gasteiger partial charge in [0.1, 0.15) is 0 Å². The minimum atomic E-state index is 0.599. The zero-order valence-electron chi connectivity index (χ0n) is 13.0. The zero-order chi connectivity index (χ0) is 13.8. The topological polar surface area (TPSA) is 12.0 Å². The third-order valence-electron chi connectivity index (χ3n) is 4.52. The Hall–Kier alpha value is -0.820. The summed E-state index contributed by atoms with van der Waals surface area (Å²) < 4.78 is 0. The van der Waals surface area contributed by atoms with Gasteiger partial charge in [0.25, 0.3) is 0 Å². The molecule has 0 aromatic heterocycles. The van der Waals surface area contributed by atoms with Crippen molar-refractivity contribution in [1.29, 1.82) is 0 Å². The molecule has 1 aromatic rings. The molecule has 0 heterocycles. The molecule has 1 nitrogen and oxygen atoms in total. The Kier molecular flexibility index (Phi) is 5.04. The van der Waals surface area contributed by atoms with Crippen LogP contribution in [0.3, 0.4) is 0 Å². The van der Waals surface area contributed by atoms with Crippen LogP contribution in [-0.4, -0.2) is 12.6 Å². The van der Waals surface area contributed by atoms with E-state index in [1.807, 2.05) is 0 Å². The van der Waals surface area contributed by atoms with Gasteiger partial charge < -0.3 is 5.32 Å². The second-order valence-corrected chi connectivity index (χ2v) is 6.57. The molecule has 1 N–H and O–H groups in total. The molecule has 19 heavy (non-hydrogen) atoms. The van der Waals surface area contributed by atoms with Crippen LogP contribution >= 0.6 is 0 Å². The SMILES string of the molecule is Cc1ccc(C2CCCCC2CNC(C)C)c(C)c1. The van der Waals surface area contributed by atoms with E-state index in [9.17, 15) is 0 Å². The molecule has 1 heteroatoms. The molecular weight excluding hydrogens is 230 g/mol. The number of nitrogens with one attached hydrogen (secondary N) is 1. The van der Waals surface area contributed by atoms with Gasteiger partial charge in [0, 0.05) is 6.04 Å². The lowest BCUT2D eigenvalue weighted by Gasteiger charge is -2.33. The average molecular weight is 259 g/mol. The Morgan fingerprint density at radius 3 is 2.58 bits per heavy atom. The first-order chi connectivity index (χ1) is 9.08. The van der Waals surface area contributed by atoms with Gasteiger partial charge in [0.2, 0.25) is 0 Å². The Morgan fingerprint density at radius 1 is 1.16 bits per heavy atom. The first-order valence-corrected chi connectivity index (χ1v) is 7.88. The number of hydrogen-bond donors (Lipinski definition) is 1. The molecular formula is C18H29N. The smallest absolute Gasteiger partial charge is 0.00104 e. The van der Waals surface area contributed by atoms with E-state index in [4.69, 9.17) is 0 Å². The van der Waals surface area contributed by atoms with Gasteiger partial charge in [-0.15, -0.1) is 0 Å². The van der Waals surface area contributed by atoms with E-state index >= 15 is 0 Å². The summed E-state index contributed by atoms with van der Waals surface area (Å²) >= 11 is 0. The molecule has 1 aromatic carbocycles. The number of rotatable bonds is 4. The lowest BCUT2D eigenvalue weighted by Crippen LogP contribution is -2.33. The molecule has 0 radical (unpaired) electrons. The van der Waals surface area contributed by atoms with Crippen molar-refractivity contribution >= 4 is 0 Å². The molecule has 0 bridgehead atoms. The van der Waals surface area contributed by atoms with Crippen molar-refractivity contribution in [3.63, 3.8) is 0 Å². The number of benzene rings is 1. The van der Waals surface area contributed by atoms with Crippen LogP contribution in [0.1, 0.15) is 62.1 Å². The fourth-order valence-corrected chi connectivity index (χ4v) is 3.49. The van der Waals surface area contributed by atoms with E-state index in [0.29, 0.717) is 6.04 Å². The fraction of sp³-hybridized carbons (Fsp3) is 0.667. The Morgan fingerprint density at radius 2 is 1.89 bits per heavy atom. The minimum Gasteiger partial charge on any atom is -0.314 e. The lowest BCUT2D eigenvalue weighted by molar-refractivity contribution is 0.289. The Labute approximate surface area is 118 Å². The van der Waals surface area contributed by atoms with Crippen molar-refractivity contribution in [2.75, 3.05) is 6.54 Å². The van der Waals surface area contributed by atoms with E-state index in [2.05, 4.69) is 51.2 Å². The molecule has 0 amide bonds. The summed E-state index contributed by atoms with van der Waals surface area (Å²) in [5.74, 6) is 1.58. The lowest BCUT2D eigenvalue weighted by atomic mass is 9.74. The predicted octanol–water partition coefficient (Wildman–Crippen LogP) is 4.58. The summed E-state index contributed by atoms with van der Waals surface area (Å²) in [5, 5.41) is 3.65. The molecule has 1 fully saturated rings. The highest BCUT2D eigenvalue weighted by molar-refractivity contribution is 5.33. The molecule has 2 rings (SSSR count). The molecule has 0 aliphatic heterocycles. The molecule has 0 saturated heterocycles. The van der Waals surface area contributed by atoms with Crippen LogP contribution < -0.4 is 5.32 Å². The Bertz CT molecular complexity index is 408. The molecule has 1 aliphatic carbocycles. The summed E-state index contributed by atoms with van der Waals surface area (Å²) in [4.78, 5) is 0. The molecule has 1 aliphatic rings. The third-order valence-corrected chi connectivity index (χ3v) is 4.52. The quantitative estimate of drug-likeness (QED) is 0.835. The van der Waals surface area contributed by atoms with Crippen molar-refractivity contribution < 1.29 is 0 Å². The van der Waals surface area contributed by atoms with Gasteiger partial charge in [-0.3, -0.25) is 0 Å². The average Bonchev–Trinajstić information content (AvgIpc) is 2.37. The first kappa shape index (κ1) is 14.6. The van der Waals surface area contributed by atoms with E-state index in [-0.39, 0.29) is 0 Å². The summed E-state index contributed by atoms with van der Waals surface area (Å²) in [6.07, 6.45) is 5.56. The van der Waals surface area contributed by atoms with Crippen molar-refractivity contribution in [2.24, 2.45) is 5.92 Å². The van der Waals surface area contributed by atoms with Crippen LogP contribution in [-0.2, 0) is 0 Å². The van der Waals surface area contributed by atoms with Gasteiger partial charge in [0.15, 0.2) is 0 Å². The van der Waals surface area contributed by atoms with E-state index in [1.165, 1.54) is 43.4 Å². The highest BCUT2D eigenvalue weighted by atomic mass is 14.9. The van der Waals surface area contributed by atoms with Gasteiger partial charge in [0.05, 0.1) is 0 Å². The van der Waals surface area contributed by atoms with Crippen LogP contribution in [0.5, 0.6) is 0 Å². The maximum atomic E-state index is 3.65. The highest BCUT2D eigenvalue weighted by Gasteiger charge is 2.27. The van der Waals surface area contributed by atoms with Crippen LogP contribution in [0.15, 0.2) is 18.2 Å². The van der Waals surface area contributed by atoms with Gasteiger partial charge >= 0.3 is 0 Å². The first-order valence-electron chi connectivity index (χ1n) is 7.88. The second kappa shape index (κ2) is 6.56. The molecule has 1 saturated carbocycles. The highest BCUT2D eigenvalue weighted by Crippen LogP contribution is 2.38. The van der Waals surface area contributed by atoms with E-state index in [0.717, 1.165) is 11.8 Å². The van der Waals surface area contributed by atoms with Crippen LogP contribution in [0.25, 0.3) is 0 Å². The van der Waals surface area contributed by atoms with Crippen molar-refractivity contribution in [3.05, 3.63) is 34.9 Å². The summed E-state index contributed by atoms with van der Waals surface area (Å²) in [5.41, 5.74) is 4.47. The predicted molar refractivity (Wildman–Crippen MR) is 83.8 cm³/mol. The molecule has 2 atom stereocenters. The van der Waals surface area contributed by atoms with Crippen molar-refractivity contribution in [3.8, 4) is 0 Å². The van der Waals surface area contributed by atoms with E-state index < -0.39 is 0 Å². The second-order valence-electron chi connectivity index (χ2n) is 6.57. The molecule has 0 spiro atoms. The summed E-state index contributed by atoms with van der Waals surface area (Å²) in [6.45, 7) is 10.1. The van der Waals surface area contributed by atoms with E-state index in [1.54, 1.807) is 5.56 Å². The number of hydrogen-bond acceptors (Lipinski definition) is 1. The maximum Gasteiger partial charge on any atom is 0.00104 e. The monoisotopic (exact) mass is 259 g/mol. The maximum absolute atomic E-state index is 3.65.